The van der Waals surface area contributed by atoms with Crippen LogP contribution in [-0.2, 0) is 25.1 Å². The van der Waals surface area contributed by atoms with E-state index in [2.05, 4.69) is 45.0 Å². The first-order valence-electron chi connectivity index (χ1n) is 9.85. The van der Waals surface area contributed by atoms with Crippen molar-refractivity contribution < 1.29 is 0 Å². The molecule has 5 heteroatoms. The molecule has 0 radical (unpaired) electrons. The molecule has 0 saturated carbocycles. The van der Waals surface area contributed by atoms with Gasteiger partial charge >= 0.3 is 0 Å². The second kappa shape index (κ2) is 7.80. The number of benzene rings is 1. The van der Waals surface area contributed by atoms with Gasteiger partial charge in [0.05, 0.1) is 5.39 Å². The summed E-state index contributed by atoms with van der Waals surface area (Å²) in [6, 6.07) is 8.81. The van der Waals surface area contributed by atoms with Crippen LogP contribution in [0.25, 0.3) is 10.2 Å². The van der Waals surface area contributed by atoms with Crippen molar-refractivity contribution in [3.63, 3.8) is 0 Å². The lowest BCUT2D eigenvalue weighted by molar-refractivity contribution is 0.585. The fourth-order valence-corrected chi connectivity index (χ4v) is 6.02. The van der Waals surface area contributed by atoms with Crippen LogP contribution in [0.2, 0.25) is 0 Å². The first-order chi connectivity index (χ1) is 13.1. The second-order valence-electron chi connectivity index (χ2n) is 7.57. The molecule has 2 heterocycles. The number of hydrogen-bond donors (Lipinski definition) is 0. The van der Waals surface area contributed by atoms with E-state index in [0.717, 1.165) is 46.9 Å². The summed E-state index contributed by atoms with van der Waals surface area (Å²) in [6.45, 7) is 7.28. The lowest BCUT2D eigenvalue weighted by Gasteiger charge is -2.12. The zero-order valence-corrected chi connectivity index (χ0v) is 17.9. The lowest BCUT2D eigenvalue weighted by Crippen LogP contribution is -2.23. The van der Waals surface area contributed by atoms with Crippen LogP contribution < -0.4 is 5.56 Å². The van der Waals surface area contributed by atoms with Gasteiger partial charge in [-0.15, -0.1) is 11.3 Å². The standard InChI is InChI=1S/C22H26N2OS2/c1-4-12-24-21(25)19-17-6-5-7-18(17)27-20(19)23-22(24)26-13-15-8-10-16(11-9-15)14(2)3/h8-11,14H,4-7,12-13H2,1-3H3. The van der Waals surface area contributed by atoms with Crippen molar-refractivity contribution in [1.29, 1.82) is 0 Å². The zero-order chi connectivity index (χ0) is 19.0. The predicted octanol–water partition coefficient (Wildman–Crippen LogP) is 5.77. The minimum atomic E-state index is 0.166. The molecule has 0 spiro atoms. The van der Waals surface area contributed by atoms with Crippen LogP contribution in [0.1, 0.15) is 61.1 Å². The molecule has 0 N–H and O–H groups in total. The molecule has 3 nitrogen and oxygen atoms in total. The summed E-state index contributed by atoms with van der Waals surface area (Å²) in [4.78, 5) is 20.4. The van der Waals surface area contributed by atoms with E-state index in [9.17, 15) is 4.79 Å². The molecular weight excluding hydrogens is 372 g/mol. The van der Waals surface area contributed by atoms with E-state index < -0.39 is 0 Å². The highest BCUT2D eigenvalue weighted by Crippen LogP contribution is 2.36. The van der Waals surface area contributed by atoms with Gasteiger partial charge in [-0.2, -0.15) is 0 Å². The van der Waals surface area contributed by atoms with Gasteiger partial charge < -0.3 is 0 Å². The fourth-order valence-electron chi connectivity index (χ4n) is 3.74. The Bertz CT molecular complexity index is 1020. The van der Waals surface area contributed by atoms with Gasteiger partial charge in [-0.1, -0.05) is 56.8 Å². The SMILES string of the molecule is CCCn1c(SCc2ccc(C(C)C)cc2)nc2sc3c(c2c1=O)CCC3. The third-order valence-corrected chi connectivity index (χ3v) is 7.48. The molecule has 27 heavy (non-hydrogen) atoms. The Labute approximate surface area is 168 Å². The summed E-state index contributed by atoms with van der Waals surface area (Å²) < 4.78 is 1.90. The first-order valence-corrected chi connectivity index (χ1v) is 11.7. The van der Waals surface area contributed by atoms with Crippen LogP contribution in [0.4, 0.5) is 0 Å². The number of thioether (sulfide) groups is 1. The van der Waals surface area contributed by atoms with Crippen LogP contribution in [0, 0.1) is 0 Å². The van der Waals surface area contributed by atoms with Gasteiger partial charge in [0.2, 0.25) is 0 Å². The minimum absolute atomic E-state index is 0.166. The van der Waals surface area contributed by atoms with Crippen molar-refractivity contribution in [2.75, 3.05) is 0 Å². The highest BCUT2D eigenvalue weighted by atomic mass is 32.2. The highest BCUT2D eigenvalue weighted by Gasteiger charge is 2.23. The van der Waals surface area contributed by atoms with Crippen LogP contribution in [0.3, 0.4) is 0 Å². The lowest BCUT2D eigenvalue weighted by atomic mass is 10.0. The average molecular weight is 399 g/mol. The van der Waals surface area contributed by atoms with Crippen molar-refractivity contribution in [2.45, 2.75) is 69.8 Å². The molecule has 1 aliphatic carbocycles. The molecule has 1 aromatic carbocycles. The van der Waals surface area contributed by atoms with Gasteiger partial charge in [-0.3, -0.25) is 9.36 Å². The van der Waals surface area contributed by atoms with Gasteiger partial charge in [0.1, 0.15) is 4.83 Å². The average Bonchev–Trinajstić information content (AvgIpc) is 3.23. The zero-order valence-electron chi connectivity index (χ0n) is 16.2. The molecular formula is C22H26N2OS2. The van der Waals surface area contributed by atoms with Crippen molar-refractivity contribution in [3.8, 4) is 0 Å². The van der Waals surface area contributed by atoms with Crippen molar-refractivity contribution in [2.24, 2.45) is 0 Å². The molecule has 142 valence electrons. The molecule has 0 unspecified atom stereocenters. The molecule has 0 amide bonds. The van der Waals surface area contributed by atoms with Crippen LogP contribution in [0.5, 0.6) is 0 Å². The summed E-state index contributed by atoms with van der Waals surface area (Å²) in [5, 5.41) is 1.76. The number of nitrogens with zero attached hydrogens (tertiary/aromatic N) is 2. The van der Waals surface area contributed by atoms with Crippen LogP contribution in [-0.4, -0.2) is 9.55 Å². The maximum atomic E-state index is 13.2. The Hall–Kier alpha value is -1.59. The smallest absolute Gasteiger partial charge is 0.263 e. The third-order valence-electron chi connectivity index (χ3n) is 5.25. The number of rotatable bonds is 6. The van der Waals surface area contributed by atoms with Crippen molar-refractivity contribution in [1.82, 2.24) is 9.55 Å². The van der Waals surface area contributed by atoms with E-state index >= 15 is 0 Å². The maximum Gasteiger partial charge on any atom is 0.263 e. The summed E-state index contributed by atoms with van der Waals surface area (Å²) in [5.74, 6) is 1.39. The number of fused-ring (bicyclic) bond motifs is 3. The Kier molecular flexibility index (Phi) is 5.42. The predicted molar refractivity (Wildman–Crippen MR) is 116 cm³/mol. The van der Waals surface area contributed by atoms with Crippen molar-refractivity contribution in [3.05, 3.63) is 56.2 Å². The van der Waals surface area contributed by atoms with Crippen LogP contribution in [0.15, 0.2) is 34.2 Å². The topological polar surface area (TPSA) is 34.9 Å². The molecule has 2 aromatic heterocycles. The molecule has 0 fully saturated rings. The molecule has 1 aliphatic rings. The summed E-state index contributed by atoms with van der Waals surface area (Å²) in [5.41, 5.74) is 4.08. The van der Waals surface area contributed by atoms with E-state index in [1.807, 2.05) is 4.57 Å². The van der Waals surface area contributed by atoms with Gasteiger partial charge in [0, 0.05) is 17.2 Å². The number of aromatic nitrogens is 2. The van der Waals surface area contributed by atoms with Gasteiger partial charge in [-0.25, -0.2) is 4.98 Å². The fraction of sp³-hybridized carbons (Fsp3) is 0.455. The Morgan fingerprint density at radius 2 is 2.00 bits per heavy atom. The van der Waals surface area contributed by atoms with Gasteiger partial charge in [0.25, 0.3) is 5.56 Å². The van der Waals surface area contributed by atoms with Gasteiger partial charge in [-0.05, 0) is 48.3 Å². The molecule has 3 aromatic rings. The number of thiophene rings is 1. The Morgan fingerprint density at radius 3 is 2.70 bits per heavy atom. The maximum absolute atomic E-state index is 13.2. The molecule has 0 saturated heterocycles. The first kappa shape index (κ1) is 18.8. The van der Waals surface area contributed by atoms with E-state index in [1.54, 1.807) is 23.1 Å². The number of aryl methyl sites for hydroxylation is 2. The van der Waals surface area contributed by atoms with Crippen molar-refractivity contribution >= 4 is 33.3 Å². The Morgan fingerprint density at radius 1 is 1.22 bits per heavy atom. The summed E-state index contributed by atoms with van der Waals surface area (Å²) in [7, 11) is 0. The Balaban J connectivity index is 1.66. The summed E-state index contributed by atoms with van der Waals surface area (Å²) >= 11 is 3.41. The summed E-state index contributed by atoms with van der Waals surface area (Å²) in [6.07, 6.45) is 4.25. The van der Waals surface area contributed by atoms with Gasteiger partial charge in [0.15, 0.2) is 5.16 Å². The second-order valence-corrected chi connectivity index (χ2v) is 9.60. The number of hydrogen-bond acceptors (Lipinski definition) is 4. The van der Waals surface area contributed by atoms with E-state index in [0.29, 0.717) is 5.92 Å². The van der Waals surface area contributed by atoms with E-state index in [-0.39, 0.29) is 5.56 Å². The van der Waals surface area contributed by atoms with Crippen LogP contribution >= 0.6 is 23.1 Å². The van der Waals surface area contributed by atoms with E-state index in [4.69, 9.17) is 4.98 Å². The minimum Gasteiger partial charge on any atom is -0.287 e. The van der Waals surface area contributed by atoms with E-state index in [1.165, 1.54) is 28.0 Å². The largest absolute Gasteiger partial charge is 0.287 e. The monoisotopic (exact) mass is 398 g/mol. The highest BCUT2D eigenvalue weighted by molar-refractivity contribution is 7.98. The molecule has 0 aliphatic heterocycles. The molecule has 0 atom stereocenters. The normalized spacial score (nSPS) is 13.6. The third kappa shape index (κ3) is 3.59. The quantitative estimate of drug-likeness (QED) is 0.390. The molecule has 0 bridgehead atoms. The molecule has 4 rings (SSSR count).